The van der Waals surface area contributed by atoms with E-state index in [0.717, 1.165) is 25.0 Å². The van der Waals surface area contributed by atoms with Crippen LogP contribution in [-0.2, 0) is 6.42 Å². The van der Waals surface area contributed by atoms with Crippen molar-refractivity contribution in [2.75, 3.05) is 44.7 Å². The number of hydrogen-bond acceptors (Lipinski definition) is 5. The fraction of sp³-hybridized carbons (Fsp3) is 0.810. The summed E-state index contributed by atoms with van der Waals surface area (Å²) in [5.41, 5.74) is 1.19. The van der Waals surface area contributed by atoms with Crippen molar-refractivity contribution in [1.82, 2.24) is 20.5 Å². The Morgan fingerprint density at radius 2 is 1.83 bits per heavy atom. The van der Waals surface area contributed by atoms with Gasteiger partial charge in [0.15, 0.2) is 11.1 Å². The van der Waals surface area contributed by atoms with Crippen molar-refractivity contribution in [3.05, 3.63) is 11.1 Å². The summed E-state index contributed by atoms with van der Waals surface area (Å²) in [4.78, 5) is 14.4. The van der Waals surface area contributed by atoms with Crippen LogP contribution in [0.4, 0.5) is 5.13 Å². The van der Waals surface area contributed by atoms with Crippen molar-refractivity contribution >= 4 is 46.4 Å². The zero-order valence-corrected chi connectivity index (χ0v) is 20.9. The van der Waals surface area contributed by atoms with Gasteiger partial charge in [-0.1, -0.05) is 12.8 Å². The molecular weight excluding hydrogens is 495 g/mol. The van der Waals surface area contributed by atoms with Gasteiger partial charge in [-0.15, -0.1) is 35.3 Å². The summed E-state index contributed by atoms with van der Waals surface area (Å²) in [5.74, 6) is 0.939. The van der Waals surface area contributed by atoms with Gasteiger partial charge < -0.3 is 20.4 Å². The first-order chi connectivity index (χ1) is 13.8. The van der Waals surface area contributed by atoms with Crippen LogP contribution in [0.2, 0.25) is 0 Å². The van der Waals surface area contributed by atoms with E-state index < -0.39 is 0 Å². The maximum Gasteiger partial charge on any atom is 0.191 e. The van der Waals surface area contributed by atoms with Gasteiger partial charge in [-0.05, 0) is 38.5 Å². The van der Waals surface area contributed by atoms with E-state index >= 15 is 0 Å². The maximum absolute atomic E-state index is 4.82. The minimum absolute atomic E-state index is 0. The Bertz CT molecular complexity index is 631. The predicted octanol–water partition coefficient (Wildman–Crippen LogP) is 3.48. The summed E-state index contributed by atoms with van der Waals surface area (Å²) in [7, 11) is 1.87. The van der Waals surface area contributed by atoms with E-state index in [4.69, 9.17) is 4.98 Å². The average Bonchev–Trinajstić information content (AvgIpc) is 3.50. The molecule has 4 rings (SSSR count). The molecule has 1 aromatic heterocycles. The molecule has 0 unspecified atom stereocenters. The summed E-state index contributed by atoms with van der Waals surface area (Å²) >= 11 is 1.79. The van der Waals surface area contributed by atoms with Crippen LogP contribution in [0, 0.1) is 0 Å². The van der Waals surface area contributed by atoms with E-state index in [1.165, 1.54) is 88.4 Å². The fourth-order valence-corrected chi connectivity index (χ4v) is 5.75. The third kappa shape index (κ3) is 6.43. The van der Waals surface area contributed by atoms with Crippen molar-refractivity contribution in [3.8, 4) is 0 Å². The van der Waals surface area contributed by atoms with Crippen LogP contribution in [0.15, 0.2) is 10.4 Å². The lowest BCUT2D eigenvalue weighted by atomic mass is 10.0. The Morgan fingerprint density at radius 1 is 1.10 bits per heavy atom. The van der Waals surface area contributed by atoms with Crippen LogP contribution in [0.25, 0.3) is 0 Å². The van der Waals surface area contributed by atoms with Gasteiger partial charge in [0.25, 0.3) is 0 Å². The van der Waals surface area contributed by atoms with Crippen LogP contribution >= 0.6 is 35.3 Å². The molecular formula is C21H37IN6S. The highest BCUT2D eigenvalue weighted by molar-refractivity contribution is 14.0. The molecule has 29 heavy (non-hydrogen) atoms. The van der Waals surface area contributed by atoms with Gasteiger partial charge in [-0.25, -0.2) is 4.98 Å². The van der Waals surface area contributed by atoms with E-state index in [-0.39, 0.29) is 24.0 Å². The molecule has 1 aromatic rings. The number of nitrogens with zero attached hydrogens (tertiary/aromatic N) is 4. The van der Waals surface area contributed by atoms with E-state index in [9.17, 15) is 0 Å². The second-order valence-corrected chi connectivity index (χ2v) is 9.29. The number of nitrogens with one attached hydrogen (secondary N) is 2. The number of thiazole rings is 1. The van der Waals surface area contributed by atoms with Crippen LogP contribution in [0.5, 0.6) is 0 Å². The van der Waals surface area contributed by atoms with Crippen molar-refractivity contribution in [1.29, 1.82) is 0 Å². The third-order valence-electron chi connectivity index (χ3n) is 6.52. The quantitative estimate of drug-likeness (QED) is 0.334. The zero-order valence-electron chi connectivity index (χ0n) is 17.7. The highest BCUT2D eigenvalue weighted by Gasteiger charge is 2.27. The second kappa shape index (κ2) is 11.7. The second-order valence-electron chi connectivity index (χ2n) is 8.46. The topological polar surface area (TPSA) is 55.8 Å². The lowest BCUT2D eigenvalue weighted by Crippen LogP contribution is -2.50. The molecule has 3 aliphatic rings. The lowest BCUT2D eigenvalue weighted by molar-refractivity contribution is 0.150. The number of rotatable bonds is 6. The number of piperidine rings is 1. The number of guanidine groups is 1. The summed E-state index contributed by atoms with van der Waals surface area (Å²) in [6.07, 6.45) is 11.7. The standard InChI is InChI=1S/C21H36N6S.HI/c1-22-20(24-17-9-14-26(15-10-17)19-6-2-3-7-19)23-11-8-18-16-28-21(25-18)27-12-4-5-13-27;/h16-17,19H,2-15H2,1H3,(H2,22,23,24);1H. The molecule has 0 radical (unpaired) electrons. The number of aromatic nitrogens is 1. The Labute approximate surface area is 197 Å². The van der Waals surface area contributed by atoms with Gasteiger partial charge in [-0.2, -0.15) is 0 Å². The van der Waals surface area contributed by atoms with Gasteiger partial charge in [-0.3, -0.25) is 4.99 Å². The zero-order chi connectivity index (χ0) is 19.2. The highest BCUT2D eigenvalue weighted by Crippen LogP contribution is 2.26. The molecule has 0 amide bonds. The largest absolute Gasteiger partial charge is 0.356 e. The van der Waals surface area contributed by atoms with E-state index in [1.54, 1.807) is 11.3 Å². The molecule has 6 nitrogen and oxygen atoms in total. The number of anilines is 1. The molecule has 0 aromatic carbocycles. The molecule has 2 N–H and O–H groups in total. The van der Waals surface area contributed by atoms with Crippen molar-refractivity contribution in [3.63, 3.8) is 0 Å². The molecule has 8 heteroatoms. The lowest BCUT2D eigenvalue weighted by Gasteiger charge is -2.36. The molecule has 0 atom stereocenters. The first-order valence-electron chi connectivity index (χ1n) is 11.2. The molecule has 1 aliphatic carbocycles. The summed E-state index contributed by atoms with van der Waals surface area (Å²) in [6.45, 7) is 5.68. The first kappa shape index (κ1) is 23.1. The number of hydrogen-bond donors (Lipinski definition) is 2. The normalized spacial score (nSPS) is 22.1. The van der Waals surface area contributed by atoms with Crippen molar-refractivity contribution in [2.24, 2.45) is 4.99 Å². The Balaban J connectivity index is 0.00000240. The molecule has 164 valence electrons. The molecule has 2 aliphatic heterocycles. The average molecular weight is 533 g/mol. The van der Waals surface area contributed by atoms with E-state index in [2.05, 4.69) is 30.8 Å². The molecule has 3 fully saturated rings. The minimum atomic E-state index is 0. The number of aliphatic imine (C=N–C) groups is 1. The predicted molar refractivity (Wildman–Crippen MR) is 134 cm³/mol. The molecule has 0 bridgehead atoms. The first-order valence-corrected chi connectivity index (χ1v) is 12.1. The summed E-state index contributed by atoms with van der Waals surface area (Å²) in [5, 5.41) is 10.5. The smallest absolute Gasteiger partial charge is 0.191 e. The van der Waals surface area contributed by atoms with Crippen LogP contribution in [-0.4, -0.2) is 67.7 Å². The highest BCUT2D eigenvalue weighted by atomic mass is 127. The molecule has 2 saturated heterocycles. The Morgan fingerprint density at radius 3 is 2.52 bits per heavy atom. The van der Waals surface area contributed by atoms with Gasteiger partial charge in [0, 0.05) is 63.7 Å². The monoisotopic (exact) mass is 532 g/mol. The Hall–Kier alpha value is -0.610. The molecule has 3 heterocycles. The van der Waals surface area contributed by atoms with Crippen LogP contribution < -0.4 is 15.5 Å². The number of likely N-dealkylation sites (tertiary alicyclic amines) is 1. The van der Waals surface area contributed by atoms with Gasteiger partial charge >= 0.3 is 0 Å². The molecule has 1 saturated carbocycles. The van der Waals surface area contributed by atoms with E-state index in [0.29, 0.717) is 6.04 Å². The van der Waals surface area contributed by atoms with Crippen LogP contribution in [0.1, 0.15) is 57.1 Å². The Kier molecular flexibility index (Phi) is 9.30. The SMILES string of the molecule is CN=C(NCCc1csc(N2CCCC2)n1)NC1CCN(C2CCCC2)CC1.I. The summed E-state index contributed by atoms with van der Waals surface area (Å²) in [6, 6.07) is 1.41. The van der Waals surface area contributed by atoms with Gasteiger partial charge in [0.2, 0.25) is 0 Å². The molecule has 0 spiro atoms. The third-order valence-corrected chi connectivity index (χ3v) is 7.48. The van der Waals surface area contributed by atoms with Crippen LogP contribution in [0.3, 0.4) is 0 Å². The van der Waals surface area contributed by atoms with Crippen molar-refractivity contribution in [2.45, 2.75) is 69.9 Å². The van der Waals surface area contributed by atoms with Crippen molar-refractivity contribution < 1.29 is 0 Å². The van der Waals surface area contributed by atoms with Gasteiger partial charge in [0.1, 0.15) is 0 Å². The summed E-state index contributed by atoms with van der Waals surface area (Å²) < 4.78 is 0. The van der Waals surface area contributed by atoms with Gasteiger partial charge in [0.05, 0.1) is 5.69 Å². The van der Waals surface area contributed by atoms with E-state index in [1.807, 2.05) is 7.05 Å². The fourth-order valence-electron chi connectivity index (χ4n) is 4.84. The minimum Gasteiger partial charge on any atom is -0.356 e. The maximum atomic E-state index is 4.82. The number of halogens is 1.